The fraction of sp³-hybridized carbons (Fsp3) is 0.273. The third-order valence-corrected chi connectivity index (χ3v) is 5.15. The fourth-order valence-electron chi connectivity index (χ4n) is 3.76. The van der Waals surface area contributed by atoms with E-state index in [1.807, 2.05) is 31.3 Å². The second-order valence-electron chi connectivity index (χ2n) is 7.09. The van der Waals surface area contributed by atoms with Crippen LogP contribution in [0.15, 0.2) is 65.3 Å². The summed E-state index contributed by atoms with van der Waals surface area (Å²) < 4.78 is 5.32. The highest BCUT2D eigenvalue weighted by molar-refractivity contribution is 5.90. The third-order valence-electron chi connectivity index (χ3n) is 5.15. The molecule has 0 radical (unpaired) electrons. The summed E-state index contributed by atoms with van der Waals surface area (Å²) in [4.78, 5) is 28.6. The molecule has 0 bridgehead atoms. The Bertz CT molecular complexity index is 959. The molecule has 2 amide bonds. The zero-order valence-corrected chi connectivity index (χ0v) is 15.3. The van der Waals surface area contributed by atoms with E-state index in [4.69, 9.17) is 4.42 Å². The number of hydrogen-bond acceptors (Lipinski definition) is 3. The van der Waals surface area contributed by atoms with Crippen molar-refractivity contribution in [1.82, 2.24) is 9.80 Å². The summed E-state index contributed by atoms with van der Waals surface area (Å²) in [5.41, 5.74) is 1.11. The maximum absolute atomic E-state index is 12.9. The molecule has 5 heteroatoms. The second kappa shape index (κ2) is 7.27. The lowest BCUT2D eigenvalue weighted by atomic mass is 10.0. The van der Waals surface area contributed by atoms with Crippen LogP contribution in [-0.4, -0.2) is 35.2 Å². The topological polar surface area (TPSA) is 53.8 Å². The van der Waals surface area contributed by atoms with Crippen LogP contribution in [0, 0.1) is 5.92 Å². The third kappa shape index (κ3) is 3.58. The van der Waals surface area contributed by atoms with E-state index in [0.717, 1.165) is 22.1 Å². The molecular formula is C22H22N2O3. The van der Waals surface area contributed by atoms with E-state index in [-0.39, 0.29) is 24.2 Å². The molecule has 0 N–H and O–H groups in total. The molecule has 138 valence electrons. The number of benzene rings is 2. The fourth-order valence-corrected chi connectivity index (χ4v) is 3.76. The summed E-state index contributed by atoms with van der Waals surface area (Å²) in [6.45, 7) is 1.39. The molecule has 0 aliphatic carbocycles. The SMILES string of the molecule is CN(Cc1cccc2ccccc12)C(=O)C1CC(=O)N(Cc2ccco2)C1. The summed E-state index contributed by atoms with van der Waals surface area (Å²) in [7, 11) is 1.81. The summed E-state index contributed by atoms with van der Waals surface area (Å²) in [6, 6.07) is 18.0. The van der Waals surface area contributed by atoms with E-state index < -0.39 is 0 Å². The van der Waals surface area contributed by atoms with Crippen molar-refractivity contribution < 1.29 is 14.0 Å². The van der Waals surface area contributed by atoms with Gasteiger partial charge in [-0.15, -0.1) is 0 Å². The van der Waals surface area contributed by atoms with Gasteiger partial charge in [-0.2, -0.15) is 0 Å². The van der Waals surface area contributed by atoms with Crippen LogP contribution in [0.5, 0.6) is 0 Å². The highest BCUT2D eigenvalue weighted by Gasteiger charge is 2.36. The van der Waals surface area contributed by atoms with Crippen molar-refractivity contribution in [3.8, 4) is 0 Å². The van der Waals surface area contributed by atoms with Crippen molar-refractivity contribution in [2.75, 3.05) is 13.6 Å². The Morgan fingerprint density at radius 1 is 1.15 bits per heavy atom. The van der Waals surface area contributed by atoms with Gasteiger partial charge in [-0.1, -0.05) is 42.5 Å². The number of likely N-dealkylation sites (tertiary alicyclic amines) is 1. The van der Waals surface area contributed by atoms with Crippen molar-refractivity contribution in [3.05, 3.63) is 72.2 Å². The molecule has 1 aromatic heterocycles. The molecule has 4 rings (SSSR count). The first-order chi connectivity index (χ1) is 13.1. The van der Waals surface area contributed by atoms with Gasteiger partial charge in [0.15, 0.2) is 0 Å². The highest BCUT2D eigenvalue weighted by Crippen LogP contribution is 2.24. The van der Waals surface area contributed by atoms with Crippen LogP contribution in [0.4, 0.5) is 0 Å². The standard InChI is InChI=1S/C22H22N2O3/c1-23(13-17-8-4-7-16-6-2-3-10-20(16)17)22(26)18-12-21(25)24(14-18)15-19-9-5-11-27-19/h2-11,18H,12-15H2,1H3. The van der Waals surface area contributed by atoms with Gasteiger partial charge in [0.25, 0.3) is 0 Å². The lowest BCUT2D eigenvalue weighted by Gasteiger charge is -2.22. The first-order valence-electron chi connectivity index (χ1n) is 9.13. The number of carbonyl (C=O) groups excluding carboxylic acids is 2. The molecule has 1 unspecified atom stereocenters. The van der Waals surface area contributed by atoms with E-state index in [1.165, 1.54) is 0 Å². The quantitative estimate of drug-likeness (QED) is 0.699. The highest BCUT2D eigenvalue weighted by atomic mass is 16.3. The maximum Gasteiger partial charge on any atom is 0.228 e. The molecule has 3 aromatic rings. The van der Waals surface area contributed by atoms with Gasteiger partial charge in [-0.05, 0) is 28.5 Å². The number of fused-ring (bicyclic) bond motifs is 1. The smallest absolute Gasteiger partial charge is 0.228 e. The summed E-state index contributed by atoms with van der Waals surface area (Å²) in [5, 5.41) is 2.32. The number of hydrogen-bond donors (Lipinski definition) is 0. The largest absolute Gasteiger partial charge is 0.467 e. The minimum Gasteiger partial charge on any atom is -0.467 e. The predicted molar refractivity (Wildman–Crippen MR) is 103 cm³/mol. The Morgan fingerprint density at radius 3 is 2.78 bits per heavy atom. The second-order valence-corrected chi connectivity index (χ2v) is 7.09. The van der Waals surface area contributed by atoms with Gasteiger partial charge in [-0.25, -0.2) is 0 Å². The summed E-state index contributed by atoms with van der Waals surface area (Å²) >= 11 is 0. The van der Waals surface area contributed by atoms with Crippen LogP contribution in [0.1, 0.15) is 17.7 Å². The van der Waals surface area contributed by atoms with Gasteiger partial charge < -0.3 is 14.2 Å². The Hall–Kier alpha value is -3.08. The zero-order chi connectivity index (χ0) is 18.8. The molecule has 5 nitrogen and oxygen atoms in total. The predicted octanol–water partition coefficient (Wildman–Crippen LogP) is 3.44. The molecule has 0 saturated carbocycles. The van der Waals surface area contributed by atoms with Crippen molar-refractivity contribution in [2.24, 2.45) is 5.92 Å². The van der Waals surface area contributed by atoms with E-state index >= 15 is 0 Å². The van der Waals surface area contributed by atoms with E-state index in [0.29, 0.717) is 19.6 Å². The zero-order valence-electron chi connectivity index (χ0n) is 15.3. The van der Waals surface area contributed by atoms with Crippen molar-refractivity contribution in [2.45, 2.75) is 19.5 Å². The summed E-state index contributed by atoms with van der Waals surface area (Å²) in [5.74, 6) is 0.453. The van der Waals surface area contributed by atoms with Gasteiger partial charge in [0.05, 0.1) is 18.7 Å². The van der Waals surface area contributed by atoms with Crippen LogP contribution < -0.4 is 0 Å². The average Bonchev–Trinajstić information content (AvgIpc) is 3.32. The average molecular weight is 362 g/mol. The number of carbonyl (C=O) groups is 2. The van der Waals surface area contributed by atoms with Crippen LogP contribution in [0.3, 0.4) is 0 Å². The van der Waals surface area contributed by atoms with E-state index in [9.17, 15) is 9.59 Å². The van der Waals surface area contributed by atoms with E-state index in [1.54, 1.807) is 22.1 Å². The molecule has 1 atom stereocenters. The molecule has 0 spiro atoms. The summed E-state index contributed by atoms with van der Waals surface area (Å²) in [6.07, 6.45) is 1.86. The number of furan rings is 1. The van der Waals surface area contributed by atoms with Gasteiger partial charge in [0.1, 0.15) is 5.76 Å². The van der Waals surface area contributed by atoms with E-state index in [2.05, 4.69) is 24.3 Å². The van der Waals surface area contributed by atoms with Crippen molar-refractivity contribution in [3.63, 3.8) is 0 Å². The van der Waals surface area contributed by atoms with Gasteiger partial charge in [0, 0.05) is 26.6 Å². The molecule has 2 aromatic carbocycles. The van der Waals surface area contributed by atoms with Crippen LogP contribution in [0.2, 0.25) is 0 Å². The molecule has 1 aliphatic rings. The monoisotopic (exact) mass is 362 g/mol. The maximum atomic E-state index is 12.9. The Balaban J connectivity index is 1.44. The van der Waals surface area contributed by atoms with Crippen LogP contribution in [0.25, 0.3) is 10.8 Å². The van der Waals surface area contributed by atoms with Crippen molar-refractivity contribution >= 4 is 22.6 Å². The van der Waals surface area contributed by atoms with Gasteiger partial charge >= 0.3 is 0 Å². The first-order valence-corrected chi connectivity index (χ1v) is 9.13. The Morgan fingerprint density at radius 2 is 1.96 bits per heavy atom. The lowest BCUT2D eigenvalue weighted by molar-refractivity contribution is -0.135. The molecular weight excluding hydrogens is 340 g/mol. The number of amides is 2. The molecule has 1 aliphatic heterocycles. The van der Waals surface area contributed by atoms with Crippen LogP contribution >= 0.6 is 0 Å². The first kappa shape index (κ1) is 17.3. The van der Waals surface area contributed by atoms with Crippen molar-refractivity contribution in [1.29, 1.82) is 0 Å². The molecule has 27 heavy (non-hydrogen) atoms. The number of nitrogens with zero attached hydrogens (tertiary/aromatic N) is 2. The molecule has 1 saturated heterocycles. The van der Waals surface area contributed by atoms with Gasteiger partial charge in [0.2, 0.25) is 11.8 Å². The normalized spacial score (nSPS) is 16.9. The number of rotatable bonds is 5. The lowest BCUT2D eigenvalue weighted by Crippen LogP contribution is -2.34. The minimum absolute atomic E-state index is 0.00307. The Labute approximate surface area is 158 Å². The Kier molecular flexibility index (Phi) is 4.67. The minimum atomic E-state index is -0.299. The molecule has 2 heterocycles. The van der Waals surface area contributed by atoms with Crippen LogP contribution in [-0.2, 0) is 22.7 Å². The molecule has 1 fully saturated rings. The van der Waals surface area contributed by atoms with Gasteiger partial charge in [-0.3, -0.25) is 9.59 Å².